The predicted molar refractivity (Wildman–Crippen MR) is 112 cm³/mol. The first-order valence-electron chi connectivity index (χ1n) is 7.94. The fourth-order valence-corrected chi connectivity index (χ4v) is 4.70. The number of benzene rings is 3. The molecule has 0 fully saturated rings. The van der Waals surface area contributed by atoms with Crippen LogP contribution in [0.2, 0.25) is 5.02 Å². The van der Waals surface area contributed by atoms with Crippen LogP contribution in [0.15, 0.2) is 65.6 Å². The first kappa shape index (κ1) is 17.1. The lowest BCUT2D eigenvalue weighted by molar-refractivity contribution is 1.37. The summed E-state index contributed by atoms with van der Waals surface area (Å²) in [5.41, 5.74) is 4.63. The number of fused-ring (bicyclic) bond motifs is 1. The van der Waals surface area contributed by atoms with Crippen molar-refractivity contribution in [3.05, 3.63) is 71.2 Å². The van der Waals surface area contributed by atoms with E-state index >= 15 is 0 Å². The number of thioether (sulfide) groups is 1. The number of nitriles is 1. The highest BCUT2D eigenvalue weighted by Crippen LogP contribution is 2.41. The molecule has 0 aliphatic rings. The van der Waals surface area contributed by atoms with Crippen molar-refractivity contribution >= 4 is 44.9 Å². The lowest BCUT2D eigenvalue weighted by Gasteiger charge is -2.08. The summed E-state index contributed by atoms with van der Waals surface area (Å²) in [4.78, 5) is 5.76. The number of nitrogens with zero attached hydrogens (tertiary/aromatic N) is 2. The molecule has 3 aromatic carbocycles. The minimum absolute atomic E-state index is 0.642. The molecule has 0 spiro atoms. The van der Waals surface area contributed by atoms with Crippen LogP contribution in [0.3, 0.4) is 0 Å². The molecule has 2 nitrogen and oxygen atoms in total. The average Bonchev–Trinajstić information content (AvgIpc) is 3.13. The van der Waals surface area contributed by atoms with Crippen LogP contribution in [0.4, 0.5) is 0 Å². The summed E-state index contributed by atoms with van der Waals surface area (Å²) in [5, 5.41) is 11.3. The zero-order valence-electron chi connectivity index (χ0n) is 13.9. The third-order valence-electron chi connectivity index (χ3n) is 4.14. The van der Waals surface area contributed by atoms with Crippen molar-refractivity contribution in [2.75, 3.05) is 6.26 Å². The van der Waals surface area contributed by atoms with Crippen LogP contribution in [0.5, 0.6) is 0 Å². The van der Waals surface area contributed by atoms with E-state index in [1.165, 1.54) is 0 Å². The molecule has 4 rings (SSSR count). The van der Waals surface area contributed by atoms with Gasteiger partial charge in [0.2, 0.25) is 0 Å². The van der Waals surface area contributed by atoms with Gasteiger partial charge in [-0.2, -0.15) is 5.26 Å². The van der Waals surface area contributed by atoms with Crippen molar-refractivity contribution in [1.82, 2.24) is 4.98 Å². The second-order valence-electron chi connectivity index (χ2n) is 5.68. The zero-order chi connectivity index (χ0) is 18.1. The van der Waals surface area contributed by atoms with Crippen LogP contribution in [0.25, 0.3) is 31.9 Å². The Bertz CT molecular complexity index is 1130. The van der Waals surface area contributed by atoms with E-state index in [9.17, 15) is 5.26 Å². The van der Waals surface area contributed by atoms with E-state index in [4.69, 9.17) is 16.6 Å². The second kappa shape index (κ2) is 7.13. The smallest absolute Gasteiger partial charge is 0.124 e. The molecule has 26 heavy (non-hydrogen) atoms. The van der Waals surface area contributed by atoms with E-state index in [-0.39, 0.29) is 0 Å². The van der Waals surface area contributed by atoms with Crippen molar-refractivity contribution in [2.24, 2.45) is 0 Å². The summed E-state index contributed by atoms with van der Waals surface area (Å²) < 4.78 is 1.03. The van der Waals surface area contributed by atoms with Gasteiger partial charge >= 0.3 is 0 Å². The Balaban J connectivity index is 2.04. The maximum absolute atomic E-state index is 9.71. The highest BCUT2D eigenvalue weighted by Gasteiger charge is 2.18. The summed E-state index contributed by atoms with van der Waals surface area (Å²) in [5.74, 6) is 0. The van der Waals surface area contributed by atoms with Gasteiger partial charge in [0, 0.05) is 21.0 Å². The van der Waals surface area contributed by atoms with Crippen molar-refractivity contribution in [1.29, 1.82) is 5.26 Å². The molecule has 0 aliphatic carbocycles. The summed E-state index contributed by atoms with van der Waals surface area (Å²) in [6.07, 6.45) is 1.98. The molecule has 0 atom stereocenters. The number of hydrogen-bond acceptors (Lipinski definition) is 4. The molecule has 0 aliphatic heterocycles. The predicted octanol–water partition coefficient (Wildman–Crippen LogP) is 6.88. The highest BCUT2D eigenvalue weighted by atomic mass is 35.5. The molecular weight excluding hydrogens is 380 g/mol. The van der Waals surface area contributed by atoms with Crippen molar-refractivity contribution in [2.45, 2.75) is 4.90 Å². The van der Waals surface area contributed by atoms with Crippen LogP contribution in [-0.2, 0) is 0 Å². The molecule has 1 heterocycles. The lowest BCUT2D eigenvalue weighted by atomic mass is 10.0. The Kier molecular flexibility index (Phi) is 4.69. The lowest BCUT2D eigenvalue weighted by Crippen LogP contribution is -1.88. The average molecular weight is 393 g/mol. The van der Waals surface area contributed by atoms with Gasteiger partial charge in [-0.25, -0.2) is 4.98 Å². The number of aromatic nitrogens is 1. The Hall–Kier alpha value is -2.32. The molecule has 0 bridgehead atoms. The number of hydrogen-bond donors (Lipinski definition) is 0. The van der Waals surface area contributed by atoms with Crippen LogP contribution < -0.4 is 0 Å². The molecule has 126 valence electrons. The normalized spacial score (nSPS) is 10.8. The van der Waals surface area contributed by atoms with Gasteiger partial charge in [-0.15, -0.1) is 23.1 Å². The minimum Gasteiger partial charge on any atom is -0.235 e. The van der Waals surface area contributed by atoms with Crippen molar-refractivity contribution < 1.29 is 0 Å². The zero-order valence-corrected chi connectivity index (χ0v) is 16.3. The quantitative estimate of drug-likeness (QED) is 0.356. The molecular formula is C21H13ClN2S2. The topological polar surface area (TPSA) is 36.7 Å². The fourth-order valence-electron chi connectivity index (χ4n) is 2.87. The molecule has 0 saturated heterocycles. The number of halogens is 1. The number of rotatable bonds is 3. The van der Waals surface area contributed by atoms with Gasteiger partial charge in [0.1, 0.15) is 16.6 Å². The Morgan fingerprint density at radius 2 is 1.77 bits per heavy atom. The van der Waals surface area contributed by atoms with E-state index in [2.05, 4.69) is 12.1 Å². The maximum Gasteiger partial charge on any atom is 0.124 e. The van der Waals surface area contributed by atoms with E-state index < -0.39 is 0 Å². The fraction of sp³-hybridized carbons (Fsp3) is 0.0476. The third-order valence-corrected chi connectivity index (χ3v) is 6.29. The number of thiazole rings is 1. The van der Waals surface area contributed by atoms with Gasteiger partial charge in [-0.3, -0.25) is 0 Å². The molecule has 0 saturated carbocycles. The Labute approximate surface area is 165 Å². The molecule has 0 radical (unpaired) electrons. The molecule has 0 N–H and O–H groups in total. The first-order chi connectivity index (χ1) is 12.7. The van der Waals surface area contributed by atoms with E-state index in [1.807, 2.05) is 60.9 Å². The molecule has 0 unspecified atom stereocenters. The van der Waals surface area contributed by atoms with Gasteiger partial charge in [0.15, 0.2) is 0 Å². The van der Waals surface area contributed by atoms with Gasteiger partial charge in [-0.05, 0) is 30.0 Å². The van der Waals surface area contributed by atoms with Gasteiger partial charge in [0.05, 0.1) is 10.3 Å². The van der Waals surface area contributed by atoms with Crippen molar-refractivity contribution in [3.8, 4) is 27.8 Å². The van der Waals surface area contributed by atoms with Gasteiger partial charge in [-0.1, -0.05) is 54.1 Å². The molecule has 0 amide bonds. The maximum atomic E-state index is 9.71. The summed E-state index contributed by atoms with van der Waals surface area (Å²) >= 11 is 9.24. The Morgan fingerprint density at radius 1 is 1.04 bits per heavy atom. The second-order valence-corrected chi connectivity index (χ2v) is 7.97. The van der Waals surface area contributed by atoms with Crippen LogP contribution in [-0.4, -0.2) is 11.2 Å². The standard InChI is InChI=1S/C21H13ClN2S2/c1-25-18-11-16(13-7-9-15(22)10-8-13)20-19(17(18)12-23)24-21(26-20)14-5-3-2-4-6-14/h2-11H,1H3. The summed E-state index contributed by atoms with van der Waals surface area (Å²) in [7, 11) is 0. The summed E-state index contributed by atoms with van der Waals surface area (Å²) in [6.45, 7) is 0. The highest BCUT2D eigenvalue weighted by molar-refractivity contribution is 7.98. The minimum atomic E-state index is 0.642. The van der Waals surface area contributed by atoms with Gasteiger partial charge < -0.3 is 0 Å². The largest absolute Gasteiger partial charge is 0.235 e. The SMILES string of the molecule is CSc1cc(-c2ccc(Cl)cc2)c2sc(-c3ccccc3)nc2c1C#N. The van der Waals surface area contributed by atoms with Crippen LogP contribution in [0.1, 0.15) is 5.56 Å². The monoisotopic (exact) mass is 392 g/mol. The van der Waals surface area contributed by atoms with E-state index in [0.717, 1.165) is 36.8 Å². The van der Waals surface area contributed by atoms with E-state index in [0.29, 0.717) is 10.6 Å². The third kappa shape index (κ3) is 2.99. The molecule has 5 heteroatoms. The molecule has 4 aromatic rings. The van der Waals surface area contributed by atoms with Crippen LogP contribution in [0, 0.1) is 11.3 Å². The van der Waals surface area contributed by atoms with Crippen molar-refractivity contribution in [3.63, 3.8) is 0 Å². The van der Waals surface area contributed by atoms with Crippen LogP contribution >= 0.6 is 34.7 Å². The summed E-state index contributed by atoms with van der Waals surface area (Å²) in [6, 6.07) is 22.3. The Morgan fingerprint density at radius 3 is 2.42 bits per heavy atom. The van der Waals surface area contributed by atoms with E-state index in [1.54, 1.807) is 23.1 Å². The van der Waals surface area contributed by atoms with Gasteiger partial charge in [0.25, 0.3) is 0 Å². The first-order valence-corrected chi connectivity index (χ1v) is 10.4. The molecule has 1 aromatic heterocycles.